The first-order chi connectivity index (χ1) is 14.2. The van der Waals surface area contributed by atoms with E-state index in [-0.39, 0.29) is 11.7 Å². The first kappa shape index (κ1) is 18.2. The van der Waals surface area contributed by atoms with Gasteiger partial charge in [0.1, 0.15) is 11.1 Å². The lowest BCUT2D eigenvalue weighted by Crippen LogP contribution is -2.14. The van der Waals surface area contributed by atoms with Gasteiger partial charge in [-0.25, -0.2) is 10.1 Å². The average Bonchev–Trinajstić information content (AvgIpc) is 3.33. The summed E-state index contributed by atoms with van der Waals surface area (Å²) in [6.07, 6.45) is 5.38. The van der Waals surface area contributed by atoms with Gasteiger partial charge >= 0.3 is 0 Å². The Morgan fingerprint density at radius 3 is 3.07 bits per heavy atom. The number of aromatic amines is 1. The van der Waals surface area contributed by atoms with Gasteiger partial charge in [0.05, 0.1) is 22.3 Å². The number of nitrogens with one attached hydrogen (secondary N) is 2. The predicted molar refractivity (Wildman–Crippen MR) is 114 cm³/mol. The number of aryl methyl sites for hydroxylation is 1. The van der Waals surface area contributed by atoms with Crippen LogP contribution < -0.4 is 5.32 Å². The van der Waals surface area contributed by atoms with Gasteiger partial charge < -0.3 is 5.32 Å². The normalized spacial score (nSPS) is 13.9. The second-order valence-corrected chi connectivity index (χ2v) is 9.03. The Balaban J connectivity index is 1.33. The molecule has 2 N–H and O–H groups in total. The van der Waals surface area contributed by atoms with Gasteiger partial charge in [-0.1, -0.05) is 30.3 Å². The minimum absolute atomic E-state index is 0.136. The van der Waals surface area contributed by atoms with E-state index in [4.69, 9.17) is 0 Å². The zero-order valence-corrected chi connectivity index (χ0v) is 17.2. The van der Waals surface area contributed by atoms with E-state index in [1.165, 1.54) is 23.1 Å². The molecule has 4 aromatic rings. The molecular formula is C20H18N6OS2. The number of rotatable bonds is 4. The van der Waals surface area contributed by atoms with Crippen LogP contribution in [0.2, 0.25) is 0 Å². The van der Waals surface area contributed by atoms with Crippen molar-refractivity contribution >= 4 is 50.8 Å². The summed E-state index contributed by atoms with van der Waals surface area (Å²) in [5, 5.41) is 21.2. The molecule has 5 rings (SSSR count). The molecule has 7 nitrogen and oxygen atoms in total. The number of thioether (sulfide) groups is 1. The molecule has 29 heavy (non-hydrogen) atoms. The molecule has 0 radical (unpaired) electrons. The van der Waals surface area contributed by atoms with E-state index in [1.807, 2.05) is 28.7 Å². The van der Waals surface area contributed by atoms with E-state index in [9.17, 15) is 10.1 Å². The molecule has 0 aliphatic heterocycles. The number of carbonyl (C=O) groups excluding carboxylic acids is 1. The topological polar surface area (TPSA) is 98.9 Å². The Labute approximate surface area is 175 Å². The molecule has 1 amide bonds. The van der Waals surface area contributed by atoms with E-state index >= 15 is 0 Å². The van der Waals surface area contributed by atoms with E-state index in [0.717, 1.165) is 42.3 Å². The molecule has 0 unspecified atom stereocenters. The van der Waals surface area contributed by atoms with E-state index in [2.05, 4.69) is 26.6 Å². The molecule has 0 saturated heterocycles. The summed E-state index contributed by atoms with van der Waals surface area (Å²) in [6.45, 7) is 0. The van der Waals surface area contributed by atoms with Crippen LogP contribution in [-0.4, -0.2) is 31.2 Å². The minimum atomic E-state index is -0.136. The SMILES string of the molecule is N#Cc1c(NC(=O)CSc2n[nH]c3nc4ccccc4n23)sc2c1CCCCC2. The quantitative estimate of drug-likeness (QED) is 0.380. The van der Waals surface area contributed by atoms with Crippen LogP contribution >= 0.6 is 23.1 Å². The number of carbonyl (C=O) groups is 1. The van der Waals surface area contributed by atoms with Crippen LogP contribution in [0.15, 0.2) is 29.4 Å². The Kier molecular flexibility index (Phi) is 4.73. The summed E-state index contributed by atoms with van der Waals surface area (Å²) in [6, 6.07) is 10.1. The maximum absolute atomic E-state index is 12.6. The van der Waals surface area contributed by atoms with Gasteiger partial charge in [-0.3, -0.25) is 9.20 Å². The number of aromatic nitrogens is 4. The summed E-state index contributed by atoms with van der Waals surface area (Å²) in [7, 11) is 0. The number of thiophene rings is 1. The van der Waals surface area contributed by atoms with E-state index in [1.54, 1.807) is 11.3 Å². The lowest BCUT2D eigenvalue weighted by Gasteiger charge is -2.03. The number of anilines is 1. The fourth-order valence-electron chi connectivity index (χ4n) is 3.78. The van der Waals surface area contributed by atoms with Gasteiger partial charge in [-0.2, -0.15) is 5.26 Å². The molecule has 0 fully saturated rings. The summed E-state index contributed by atoms with van der Waals surface area (Å²) in [5.74, 6) is 0.728. The van der Waals surface area contributed by atoms with Gasteiger partial charge in [0.2, 0.25) is 11.7 Å². The molecule has 0 spiro atoms. The molecule has 146 valence electrons. The fourth-order valence-corrected chi connectivity index (χ4v) is 5.79. The lowest BCUT2D eigenvalue weighted by atomic mass is 10.1. The summed E-state index contributed by atoms with van der Waals surface area (Å²) in [4.78, 5) is 18.3. The van der Waals surface area contributed by atoms with Crippen molar-refractivity contribution in [2.24, 2.45) is 0 Å². The van der Waals surface area contributed by atoms with Crippen LogP contribution in [0.3, 0.4) is 0 Å². The zero-order valence-electron chi connectivity index (χ0n) is 15.6. The van der Waals surface area contributed by atoms with Crippen molar-refractivity contribution < 1.29 is 4.79 Å². The van der Waals surface area contributed by atoms with Crippen LogP contribution in [0.4, 0.5) is 5.00 Å². The number of nitriles is 1. The standard InChI is InChI=1S/C20H18N6OS2/c21-10-13-12-6-2-1-3-9-16(12)29-18(13)23-17(27)11-28-20-25-24-19-22-14-7-4-5-8-15(14)26(19)20/h4-5,7-8H,1-3,6,9,11H2,(H,22,24)(H,23,27). The first-order valence-corrected chi connectivity index (χ1v) is 11.3. The first-order valence-electron chi connectivity index (χ1n) is 9.53. The second-order valence-electron chi connectivity index (χ2n) is 6.98. The van der Waals surface area contributed by atoms with Crippen molar-refractivity contribution in [3.63, 3.8) is 0 Å². The molecule has 0 bridgehead atoms. The molecule has 0 atom stereocenters. The molecule has 1 aliphatic carbocycles. The van der Waals surface area contributed by atoms with Crippen molar-refractivity contribution in [2.45, 2.75) is 37.3 Å². The number of benzene rings is 1. The highest BCUT2D eigenvalue weighted by Gasteiger charge is 2.21. The number of para-hydroxylation sites is 2. The summed E-state index contributed by atoms with van der Waals surface area (Å²) in [5.41, 5.74) is 3.61. The van der Waals surface area contributed by atoms with Gasteiger partial charge in [-0.15, -0.1) is 16.4 Å². The largest absolute Gasteiger partial charge is 0.316 e. The second kappa shape index (κ2) is 7.54. The molecule has 3 heterocycles. The third kappa shape index (κ3) is 3.28. The predicted octanol–water partition coefficient (Wildman–Crippen LogP) is 4.14. The third-order valence-corrected chi connectivity index (χ3v) is 7.27. The minimum Gasteiger partial charge on any atom is -0.316 e. The Morgan fingerprint density at radius 2 is 2.17 bits per heavy atom. The van der Waals surface area contributed by atoms with Crippen LogP contribution in [0.25, 0.3) is 16.8 Å². The molecular weight excluding hydrogens is 404 g/mol. The summed E-state index contributed by atoms with van der Waals surface area (Å²) >= 11 is 2.90. The molecule has 0 saturated carbocycles. The van der Waals surface area contributed by atoms with Gasteiger partial charge in [0.15, 0.2) is 5.16 Å². The van der Waals surface area contributed by atoms with Crippen molar-refractivity contribution in [3.05, 3.63) is 40.3 Å². The third-order valence-electron chi connectivity index (χ3n) is 5.12. The summed E-state index contributed by atoms with van der Waals surface area (Å²) < 4.78 is 1.92. The lowest BCUT2D eigenvalue weighted by molar-refractivity contribution is -0.113. The fraction of sp³-hybridized carbons (Fsp3) is 0.300. The maximum Gasteiger partial charge on any atom is 0.235 e. The van der Waals surface area contributed by atoms with Crippen molar-refractivity contribution in [2.75, 3.05) is 11.1 Å². The van der Waals surface area contributed by atoms with Crippen molar-refractivity contribution in [1.82, 2.24) is 19.6 Å². The highest BCUT2D eigenvalue weighted by Crippen LogP contribution is 2.37. The number of amides is 1. The molecule has 3 aromatic heterocycles. The van der Waals surface area contributed by atoms with E-state index < -0.39 is 0 Å². The Morgan fingerprint density at radius 1 is 1.31 bits per heavy atom. The molecule has 1 aromatic carbocycles. The van der Waals surface area contributed by atoms with Gasteiger partial charge in [0.25, 0.3) is 0 Å². The number of hydrogen-bond donors (Lipinski definition) is 2. The molecule has 9 heteroatoms. The number of fused-ring (bicyclic) bond motifs is 4. The highest BCUT2D eigenvalue weighted by atomic mass is 32.2. The maximum atomic E-state index is 12.6. The van der Waals surface area contributed by atoms with Gasteiger partial charge in [0, 0.05) is 4.88 Å². The number of hydrogen-bond acceptors (Lipinski definition) is 6. The van der Waals surface area contributed by atoms with Crippen LogP contribution in [0.1, 0.15) is 35.3 Å². The Bertz CT molecular complexity index is 1260. The Hall–Kier alpha value is -2.83. The zero-order chi connectivity index (χ0) is 19.8. The smallest absolute Gasteiger partial charge is 0.235 e. The highest BCUT2D eigenvalue weighted by molar-refractivity contribution is 7.99. The van der Waals surface area contributed by atoms with Crippen molar-refractivity contribution in [3.8, 4) is 6.07 Å². The number of nitrogens with zero attached hydrogens (tertiary/aromatic N) is 4. The molecule has 1 aliphatic rings. The van der Waals surface area contributed by atoms with Gasteiger partial charge in [-0.05, 0) is 43.4 Å². The monoisotopic (exact) mass is 422 g/mol. The van der Waals surface area contributed by atoms with Crippen LogP contribution in [-0.2, 0) is 17.6 Å². The van der Waals surface area contributed by atoms with Crippen LogP contribution in [0.5, 0.6) is 0 Å². The number of imidazole rings is 1. The van der Waals surface area contributed by atoms with Crippen LogP contribution in [0, 0.1) is 11.3 Å². The van der Waals surface area contributed by atoms with Crippen molar-refractivity contribution in [1.29, 1.82) is 5.26 Å². The average molecular weight is 423 g/mol. The number of H-pyrrole nitrogens is 1. The van der Waals surface area contributed by atoms with E-state index in [0.29, 0.717) is 21.5 Å².